The lowest BCUT2D eigenvalue weighted by molar-refractivity contribution is 0.0989. The quantitative estimate of drug-likeness (QED) is 0.196. The van der Waals surface area contributed by atoms with E-state index in [0.29, 0.717) is 24.7 Å². The summed E-state index contributed by atoms with van der Waals surface area (Å²) < 4.78 is 2.25. The van der Waals surface area contributed by atoms with Crippen molar-refractivity contribution in [3.8, 4) is 0 Å². The number of benzene rings is 2. The maximum absolute atomic E-state index is 12.9. The summed E-state index contributed by atoms with van der Waals surface area (Å²) in [5.41, 5.74) is 5.13. The van der Waals surface area contributed by atoms with Crippen LogP contribution in [0.25, 0.3) is 10.9 Å². The largest absolute Gasteiger partial charge is 0.346 e. The molecule has 0 unspecified atom stereocenters. The number of hydrogen-bond acceptors (Lipinski definition) is 3. The van der Waals surface area contributed by atoms with Crippen molar-refractivity contribution in [1.82, 2.24) is 9.55 Å². The molecule has 0 spiro atoms. The molecule has 0 amide bonds. The minimum Gasteiger partial charge on any atom is -0.346 e. The number of Topliss-reactive ketones (excluding diaryl/α,β-unsaturated/α-hetero) is 1. The highest BCUT2D eigenvalue weighted by Gasteiger charge is 2.25. The van der Waals surface area contributed by atoms with Gasteiger partial charge >= 0.3 is 0 Å². The van der Waals surface area contributed by atoms with Crippen molar-refractivity contribution in [2.24, 2.45) is 0 Å². The molecule has 4 nitrogen and oxygen atoms in total. The topological polar surface area (TPSA) is 38.1 Å². The summed E-state index contributed by atoms with van der Waals surface area (Å²) in [6, 6.07) is 22.6. The minimum atomic E-state index is 0.137. The molecule has 2 heterocycles. The van der Waals surface area contributed by atoms with Gasteiger partial charge in [-0.1, -0.05) is 86.1 Å². The van der Waals surface area contributed by atoms with Gasteiger partial charge in [-0.05, 0) is 30.5 Å². The monoisotopic (exact) mass is 459 g/mol. The molecule has 2 aromatic carbocycles. The van der Waals surface area contributed by atoms with Crippen molar-refractivity contribution in [1.29, 1.82) is 0 Å². The summed E-state index contributed by atoms with van der Waals surface area (Å²) >= 11 is 6.57. The van der Waals surface area contributed by atoms with Gasteiger partial charge in [-0.3, -0.25) is 4.79 Å². The number of aryl methyl sites for hydroxylation is 1. The number of halogens is 1. The molecule has 0 aliphatic carbocycles. The first-order chi connectivity index (χ1) is 16.0. The Kier molecular flexibility index (Phi) is 7.14. The van der Waals surface area contributed by atoms with Crippen LogP contribution in [0.5, 0.6) is 0 Å². The van der Waals surface area contributed by atoms with Crippen molar-refractivity contribution in [3.63, 3.8) is 0 Å². The Morgan fingerprint density at radius 3 is 2.06 bits per heavy atom. The lowest BCUT2D eigenvalue weighted by Crippen LogP contribution is -2.24. The summed E-state index contributed by atoms with van der Waals surface area (Å²) in [4.78, 5) is 20.1. The summed E-state index contributed by atoms with van der Waals surface area (Å²) in [5, 5.41) is 1.30. The molecule has 2 aromatic heterocycles. The van der Waals surface area contributed by atoms with Gasteiger partial charge in [-0.2, -0.15) is 0 Å². The predicted octanol–water partition coefficient (Wildman–Crippen LogP) is 7.21. The Balaban J connectivity index is 1.95. The van der Waals surface area contributed by atoms with Crippen molar-refractivity contribution >= 4 is 34.1 Å². The highest BCUT2D eigenvalue weighted by atomic mass is 35.5. The average molecular weight is 460 g/mol. The summed E-state index contributed by atoms with van der Waals surface area (Å²) in [5.74, 6) is 0.954. The highest BCUT2D eigenvalue weighted by molar-refractivity contribution is 6.30. The number of pyridine rings is 1. The molecule has 170 valence electrons. The van der Waals surface area contributed by atoms with Gasteiger partial charge < -0.3 is 9.47 Å². The van der Waals surface area contributed by atoms with Crippen LogP contribution in [0.3, 0.4) is 0 Å². The van der Waals surface area contributed by atoms with E-state index in [4.69, 9.17) is 16.6 Å². The normalized spacial score (nSPS) is 11.2. The minimum absolute atomic E-state index is 0.137. The number of anilines is 1. The van der Waals surface area contributed by atoms with Gasteiger partial charge in [0, 0.05) is 42.7 Å². The molecule has 0 N–H and O–H groups in total. The van der Waals surface area contributed by atoms with E-state index in [1.165, 1.54) is 11.1 Å². The van der Waals surface area contributed by atoms with Gasteiger partial charge in [0.1, 0.15) is 5.15 Å². The molecule has 0 aliphatic rings. The zero-order valence-electron chi connectivity index (χ0n) is 19.5. The number of hydrogen-bond donors (Lipinski definition) is 0. The Hall–Kier alpha value is -3.11. The molecular weight excluding hydrogens is 430 g/mol. The molecule has 0 fully saturated rings. The first-order valence-electron chi connectivity index (χ1n) is 11.6. The molecule has 0 atom stereocenters. The second-order valence-corrected chi connectivity index (χ2v) is 8.77. The predicted molar refractivity (Wildman–Crippen MR) is 137 cm³/mol. The number of carbonyl (C=O) groups is 1. The Bertz CT molecular complexity index is 1210. The van der Waals surface area contributed by atoms with Crippen LogP contribution in [0.15, 0.2) is 66.7 Å². The van der Waals surface area contributed by atoms with Crippen LogP contribution in [0, 0.1) is 6.92 Å². The van der Waals surface area contributed by atoms with Crippen LogP contribution in [0.2, 0.25) is 5.15 Å². The number of carbonyl (C=O) groups excluding carboxylic acids is 1. The molecule has 33 heavy (non-hydrogen) atoms. The second kappa shape index (κ2) is 10.2. The molecule has 0 saturated heterocycles. The van der Waals surface area contributed by atoms with Gasteiger partial charge in [-0.15, -0.1) is 0 Å². The second-order valence-electron chi connectivity index (χ2n) is 8.38. The Morgan fingerprint density at radius 1 is 0.970 bits per heavy atom. The maximum Gasteiger partial charge on any atom is 0.165 e. The van der Waals surface area contributed by atoms with Crippen LogP contribution < -0.4 is 4.90 Å². The first-order valence-corrected chi connectivity index (χ1v) is 12.0. The van der Waals surface area contributed by atoms with E-state index in [9.17, 15) is 4.79 Å². The molecule has 4 aromatic rings. The van der Waals surface area contributed by atoms with E-state index in [1.807, 2.05) is 32.0 Å². The number of rotatable bonds is 9. The average Bonchev–Trinajstić information content (AvgIpc) is 3.10. The number of nitrogens with zero attached hydrogens (tertiary/aromatic N) is 3. The molecule has 4 rings (SSSR count). The van der Waals surface area contributed by atoms with Crippen molar-refractivity contribution in [3.05, 3.63) is 94.3 Å². The molecule has 0 saturated carbocycles. The summed E-state index contributed by atoms with van der Waals surface area (Å²) in [6.07, 6.45) is 1.42. The molecule has 5 heteroatoms. The fourth-order valence-corrected chi connectivity index (χ4v) is 4.70. The fourth-order valence-electron chi connectivity index (χ4n) is 4.51. The van der Waals surface area contributed by atoms with Crippen LogP contribution in [0.4, 0.5) is 5.82 Å². The van der Waals surface area contributed by atoms with Crippen LogP contribution in [-0.2, 0) is 19.6 Å². The zero-order chi connectivity index (χ0) is 23.4. The van der Waals surface area contributed by atoms with Crippen molar-refractivity contribution in [2.45, 2.75) is 53.2 Å². The molecule has 0 bridgehead atoms. The van der Waals surface area contributed by atoms with E-state index in [2.05, 4.69) is 64.9 Å². The lowest BCUT2D eigenvalue weighted by atomic mass is 10.1. The molecular formula is C28H30ClN3O. The number of fused-ring (bicyclic) bond motifs is 1. The third-order valence-corrected chi connectivity index (χ3v) is 6.22. The van der Waals surface area contributed by atoms with Crippen LogP contribution >= 0.6 is 11.6 Å². The van der Waals surface area contributed by atoms with Crippen molar-refractivity contribution < 1.29 is 4.79 Å². The smallest absolute Gasteiger partial charge is 0.165 e. The molecule has 0 radical (unpaired) electrons. The summed E-state index contributed by atoms with van der Waals surface area (Å²) in [7, 11) is 0. The maximum atomic E-state index is 12.9. The molecule has 0 aliphatic heterocycles. The lowest BCUT2D eigenvalue weighted by Gasteiger charge is -2.26. The van der Waals surface area contributed by atoms with Crippen LogP contribution in [0.1, 0.15) is 53.9 Å². The van der Waals surface area contributed by atoms with E-state index < -0.39 is 0 Å². The SMILES string of the molecule is CCCn1c(C)c(C(=O)CC)c2cc(Cl)nc(N(Cc3ccccc3)Cc3ccccc3)c21. The standard InChI is InChI=1S/C28H30ClN3O/c1-4-16-32-20(3)26(24(33)5-2)23-17-25(29)30-28(27(23)32)31(18-21-12-8-6-9-13-21)19-22-14-10-7-11-15-22/h6-15,17H,4-5,16,18-19H2,1-3H3. The van der Waals surface area contributed by atoms with Gasteiger partial charge in [0.2, 0.25) is 0 Å². The Labute approximate surface area is 200 Å². The van der Waals surface area contributed by atoms with Gasteiger partial charge in [0.25, 0.3) is 0 Å². The van der Waals surface area contributed by atoms with E-state index >= 15 is 0 Å². The first kappa shape index (κ1) is 23.1. The third-order valence-electron chi connectivity index (χ3n) is 6.03. The van der Waals surface area contributed by atoms with E-state index in [-0.39, 0.29) is 5.78 Å². The van der Waals surface area contributed by atoms with Gasteiger partial charge in [-0.25, -0.2) is 4.98 Å². The number of ketones is 1. The van der Waals surface area contributed by atoms with E-state index in [1.54, 1.807) is 0 Å². The zero-order valence-corrected chi connectivity index (χ0v) is 20.3. The van der Waals surface area contributed by atoms with Gasteiger partial charge in [0.05, 0.1) is 5.52 Å². The van der Waals surface area contributed by atoms with Gasteiger partial charge in [0.15, 0.2) is 11.6 Å². The summed E-state index contributed by atoms with van der Waals surface area (Å²) in [6.45, 7) is 8.29. The third kappa shape index (κ3) is 4.81. The Morgan fingerprint density at radius 2 is 1.55 bits per heavy atom. The van der Waals surface area contributed by atoms with Crippen molar-refractivity contribution in [2.75, 3.05) is 4.90 Å². The highest BCUT2D eigenvalue weighted by Crippen LogP contribution is 2.36. The van der Waals surface area contributed by atoms with Crippen LogP contribution in [-0.4, -0.2) is 15.3 Å². The van der Waals surface area contributed by atoms with E-state index in [0.717, 1.165) is 40.9 Å². The number of aromatic nitrogens is 2. The fraction of sp³-hybridized carbons (Fsp3) is 0.286.